The first-order chi connectivity index (χ1) is 7.16. The van der Waals surface area contributed by atoms with E-state index in [1.165, 1.54) is 19.3 Å². The predicted octanol–water partition coefficient (Wildman–Crippen LogP) is 4.29. The van der Waals surface area contributed by atoms with Crippen molar-refractivity contribution in [1.29, 1.82) is 0 Å². The Kier molecular flexibility index (Phi) is 3.70. The van der Waals surface area contributed by atoms with Crippen molar-refractivity contribution in [3.63, 3.8) is 0 Å². The highest BCUT2D eigenvalue weighted by atomic mass is 79.9. The van der Waals surface area contributed by atoms with E-state index in [1.807, 2.05) is 18.2 Å². The maximum atomic E-state index is 6.19. The predicted molar refractivity (Wildman–Crippen MR) is 68.0 cm³/mol. The quantitative estimate of drug-likeness (QED) is 0.882. The molecule has 2 N–H and O–H groups in total. The summed E-state index contributed by atoms with van der Waals surface area (Å²) in [7, 11) is 0. The van der Waals surface area contributed by atoms with Crippen LogP contribution >= 0.6 is 27.5 Å². The molecule has 82 valence electrons. The molecular weight excluding hydrogens is 273 g/mol. The van der Waals surface area contributed by atoms with Gasteiger partial charge in [0, 0.05) is 15.5 Å². The van der Waals surface area contributed by atoms with Crippen LogP contribution in [0.25, 0.3) is 0 Å². The smallest absolute Gasteiger partial charge is 0.0410 e. The van der Waals surface area contributed by atoms with Crippen molar-refractivity contribution >= 4 is 27.5 Å². The Morgan fingerprint density at radius 2 is 2.20 bits per heavy atom. The lowest BCUT2D eigenvalue weighted by Crippen LogP contribution is -2.20. The summed E-state index contributed by atoms with van der Waals surface area (Å²) in [6, 6.07) is 5.93. The number of hydrogen-bond donors (Lipinski definition) is 1. The molecule has 0 heterocycles. The maximum absolute atomic E-state index is 6.19. The van der Waals surface area contributed by atoms with E-state index in [9.17, 15) is 0 Å². The minimum absolute atomic E-state index is 0.114. The fourth-order valence-electron chi connectivity index (χ4n) is 2.01. The molecule has 1 saturated carbocycles. The first-order valence-corrected chi connectivity index (χ1v) is 6.54. The van der Waals surface area contributed by atoms with Gasteiger partial charge in [-0.25, -0.2) is 0 Å². The summed E-state index contributed by atoms with van der Waals surface area (Å²) >= 11 is 9.49. The Morgan fingerprint density at radius 1 is 1.47 bits per heavy atom. The molecule has 1 aliphatic carbocycles. The van der Waals surface area contributed by atoms with Crippen LogP contribution in [0.1, 0.15) is 37.3 Å². The summed E-state index contributed by atoms with van der Waals surface area (Å²) in [6.45, 7) is 0. The first-order valence-electron chi connectivity index (χ1n) is 5.37. The minimum atomic E-state index is 0.114. The summed E-state index contributed by atoms with van der Waals surface area (Å²) < 4.78 is 1.07. The number of halogens is 2. The van der Waals surface area contributed by atoms with Crippen LogP contribution in [0.15, 0.2) is 22.7 Å². The molecule has 0 spiro atoms. The number of rotatable bonds is 3. The maximum Gasteiger partial charge on any atom is 0.0410 e. The highest BCUT2D eigenvalue weighted by molar-refractivity contribution is 9.10. The Balaban J connectivity index is 2.09. The molecule has 1 unspecified atom stereocenters. The van der Waals surface area contributed by atoms with Gasteiger partial charge in [0.05, 0.1) is 0 Å². The van der Waals surface area contributed by atoms with Crippen LogP contribution in [0.3, 0.4) is 0 Å². The molecule has 1 aromatic carbocycles. The third-order valence-electron chi connectivity index (χ3n) is 3.17. The van der Waals surface area contributed by atoms with Gasteiger partial charge >= 0.3 is 0 Å². The zero-order valence-corrected chi connectivity index (χ0v) is 10.9. The number of nitrogens with two attached hydrogens (primary N) is 1. The lowest BCUT2D eigenvalue weighted by molar-refractivity contribution is 0.277. The fraction of sp³-hybridized carbons (Fsp3) is 0.500. The Bertz CT molecular complexity index is 349. The zero-order chi connectivity index (χ0) is 10.8. The van der Waals surface area contributed by atoms with Gasteiger partial charge in [-0.2, -0.15) is 0 Å². The van der Waals surface area contributed by atoms with Gasteiger partial charge < -0.3 is 5.73 Å². The highest BCUT2D eigenvalue weighted by Gasteiger charge is 2.22. The second-order valence-electron chi connectivity index (χ2n) is 4.30. The van der Waals surface area contributed by atoms with E-state index in [1.54, 1.807) is 0 Å². The van der Waals surface area contributed by atoms with Gasteiger partial charge in [0.25, 0.3) is 0 Å². The van der Waals surface area contributed by atoms with Gasteiger partial charge in [-0.15, -0.1) is 0 Å². The van der Waals surface area contributed by atoms with Gasteiger partial charge in [0.1, 0.15) is 0 Å². The van der Waals surface area contributed by atoms with Gasteiger partial charge in [-0.1, -0.05) is 46.8 Å². The van der Waals surface area contributed by atoms with Crippen molar-refractivity contribution in [2.24, 2.45) is 11.7 Å². The van der Waals surface area contributed by atoms with Crippen LogP contribution in [0.2, 0.25) is 5.02 Å². The molecule has 0 radical (unpaired) electrons. The van der Waals surface area contributed by atoms with Crippen LogP contribution in [0, 0.1) is 5.92 Å². The van der Waals surface area contributed by atoms with Crippen LogP contribution in [-0.4, -0.2) is 0 Å². The lowest BCUT2D eigenvalue weighted by atomic mass is 9.80. The summed E-state index contributed by atoms with van der Waals surface area (Å²) in [5.41, 5.74) is 7.32. The Hall–Kier alpha value is -0.0500. The molecule has 1 nitrogen and oxygen atoms in total. The molecule has 2 rings (SSSR count). The summed E-state index contributed by atoms with van der Waals surface area (Å²) in [6.07, 6.45) is 5.13. The van der Waals surface area contributed by atoms with Gasteiger partial charge in [-0.05, 0) is 36.1 Å². The van der Waals surface area contributed by atoms with Gasteiger partial charge in [0.2, 0.25) is 0 Å². The van der Waals surface area contributed by atoms with Crippen LogP contribution < -0.4 is 5.73 Å². The average molecular weight is 289 g/mol. The molecule has 3 heteroatoms. The average Bonchev–Trinajstić information content (AvgIpc) is 2.15. The number of hydrogen-bond acceptors (Lipinski definition) is 1. The fourth-order valence-corrected chi connectivity index (χ4v) is 2.73. The van der Waals surface area contributed by atoms with E-state index in [0.29, 0.717) is 0 Å². The van der Waals surface area contributed by atoms with E-state index in [2.05, 4.69) is 15.9 Å². The molecule has 15 heavy (non-hydrogen) atoms. The lowest BCUT2D eigenvalue weighted by Gasteiger charge is -2.28. The van der Waals surface area contributed by atoms with E-state index < -0.39 is 0 Å². The van der Waals surface area contributed by atoms with Gasteiger partial charge in [-0.3, -0.25) is 0 Å². The molecule has 1 fully saturated rings. The second-order valence-corrected chi connectivity index (χ2v) is 5.60. The standard InChI is InChI=1S/C12H15BrClN/c13-11-5-4-9(14)7-10(11)12(15)6-8-2-1-3-8/h4-5,7-8,12H,1-3,6,15H2. The second kappa shape index (κ2) is 4.86. The van der Waals surface area contributed by atoms with Crippen molar-refractivity contribution < 1.29 is 0 Å². The Labute approximate surface area is 104 Å². The third kappa shape index (κ3) is 2.74. The summed E-state index contributed by atoms with van der Waals surface area (Å²) in [5, 5.41) is 0.761. The van der Waals surface area contributed by atoms with E-state index >= 15 is 0 Å². The van der Waals surface area contributed by atoms with Crippen molar-refractivity contribution in [1.82, 2.24) is 0 Å². The van der Waals surface area contributed by atoms with E-state index in [0.717, 1.165) is 27.4 Å². The normalized spacial score (nSPS) is 18.6. The SMILES string of the molecule is NC(CC1CCC1)c1cc(Cl)ccc1Br. The molecule has 1 aliphatic rings. The summed E-state index contributed by atoms with van der Waals surface area (Å²) in [4.78, 5) is 0. The summed E-state index contributed by atoms with van der Waals surface area (Å²) in [5.74, 6) is 0.825. The molecular formula is C12H15BrClN. The minimum Gasteiger partial charge on any atom is -0.324 e. The van der Waals surface area contributed by atoms with Crippen LogP contribution in [0.4, 0.5) is 0 Å². The van der Waals surface area contributed by atoms with Crippen molar-refractivity contribution in [3.8, 4) is 0 Å². The molecule has 1 aromatic rings. The molecule has 0 amide bonds. The van der Waals surface area contributed by atoms with E-state index in [4.69, 9.17) is 17.3 Å². The molecule has 1 atom stereocenters. The molecule has 0 aliphatic heterocycles. The zero-order valence-electron chi connectivity index (χ0n) is 8.55. The monoisotopic (exact) mass is 287 g/mol. The van der Waals surface area contributed by atoms with Crippen LogP contribution in [-0.2, 0) is 0 Å². The molecule has 0 saturated heterocycles. The van der Waals surface area contributed by atoms with Gasteiger partial charge in [0.15, 0.2) is 0 Å². The van der Waals surface area contributed by atoms with Crippen molar-refractivity contribution in [2.45, 2.75) is 31.7 Å². The highest BCUT2D eigenvalue weighted by Crippen LogP contribution is 2.36. The number of benzene rings is 1. The van der Waals surface area contributed by atoms with Crippen LogP contribution in [0.5, 0.6) is 0 Å². The topological polar surface area (TPSA) is 26.0 Å². The Morgan fingerprint density at radius 3 is 2.80 bits per heavy atom. The first kappa shape index (κ1) is 11.4. The molecule has 0 bridgehead atoms. The third-order valence-corrected chi connectivity index (χ3v) is 4.13. The van der Waals surface area contributed by atoms with E-state index in [-0.39, 0.29) is 6.04 Å². The molecule has 0 aromatic heterocycles. The van der Waals surface area contributed by atoms with Crippen molar-refractivity contribution in [3.05, 3.63) is 33.3 Å². The largest absolute Gasteiger partial charge is 0.324 e. The van der Waals surface area contributed by atoms with Crippen molar-refractivity contribution in [2.75, 3.05) is 0 Å².